The molecular formula is C14H20N2O. The minimum Gasteiger partial charge on any atom is -0.495 e. The molecule has 0 radical (unpaired) electrons. The number of hydrogen-bond acceptors (Lipinski definition) is 2. The van der Waals surface area contributed by atoms with E-state index >= 15 is 0 Å². The summed E-state index contributed by atoms with van der Waals surface area (Å²) < 4.78 is 7.69. The second kappa shape index (κ2) is 4.41. The van der Waals surface area contributed by atoms with Crippen LogP contribution in [0.1, 0.15) is 16.8 Å². The van der Waals surface area contributed by atoms with Crippen LogP contribution in [0.4, 0.5) is 0 Å². The molecule has 92 valence electrons. The van der Waals surface area contributed by atoms with Gasteiger partial charge < -0.3 is 15.0 Å². The largest absolute Gasteiger partial charge is 0.495 e. The van der Waals surface area contributed by atoms with Gasteiger partial charge in [0, 0.05) is 24.5 Å². The Kier molecular flexibility index (Phi) is 3.11. The van der Waals surface area contributed by atoms with Crippen LogP contribution in [0, 0.1) is 13.8 Å². The van der Waals surface area contributed by atoms with Crippen molar-refractivity contribution in [3.05, 3.63) is 29.0 Å². The highest BCUT2D eigenvalue weighted by Crippen LogP contribution is 2.33. The molecule has 0 saturated carbocycles. The summed E-state index contributed by atoms with van der Waals surface area (Å²) >= 11 is 0. The van der Waals surface area contributed by atoms with E-state index in [4.69, 9.17) is 10.5 Å². The maximum Gasteiger partial charge on any atom is 0.143 e. The van der Waals surface area contributed by atoms with Gasteiger partial charge >= 0.3 is 0 Å². The van der Waals surface area contributed by atoms with Crippen LogP contribution < -0.4 is 10.5 Å². The van der Waals surface area contributed by atoms with Crippen LogP contribution in [0.15, 0.2) is 12.1 Å². The first-order valence-corrected chi connectivity index (χ1v) is 5.92. The van der Waals surface area contributed by atoms with E-state index in [1.165, 1.54) is 27.7 Å². The lowest BCUT2D eigenvalue weighted by Gasteiger charge is -2.07. The lowest BCUT2D eigenvalue weighted by molar-refractivity contribution is 0.417. The quantitative estimate of drug-likeness (QED) is 0.882. The Balaban J connectivity index is 2.81. The molecule has 1 aromatic heterocycles. The fraction of sp³-hybridized carbons (Fsp3) is 0.429. The van der Waals surface area contributed by atoms with E-state index in [0.29, 0.717) is 6.54 Å². The van der Waals surface area contributed by atoms with Crippen molar-refractivity contribution in [3.63, 3.8) is 0 Å². The number of ether oxygens (including phenoxy) is 1. The SMILES string of the molecule is COc1cc(C)cc2c(C)c(CCN)n(C)c12. The molecular weight excluding hydrogens is 212 g/mol. The van der Waals surface area contributed by atoms with Crippen molar-refractivity contribution in [2.75, 3.05) is 13.7 Å². The molecule has 3 heteroatoms. The third kappa shape index (κ3) is 1.80. The summed E-state index contributed by atoms with van der Waals surface area (Å²) in [6.07, 6.45) is 0.902. The predicted molar refractivity (Wildman–Crippen MR) is 71.7 cm³/mol. The number of rotatable bonds is 3. The number of aryl methyl sites for hydroxylation is 3. The van der Waals surface area contributed by atoms with Gasteiger partial charge in [0.2, 0.25) is 0 Å². The Morgan fingerprint density at radius 3 is 2.59 bits per heavy atom. The summed E-state index contributed by atoms with van der Waals surface area (Å²) in [6, 6.07) is 4.29. The second-order valence-corrected chi connectivity index (χ2v) is 4.53. The third-order valence-electron chi connectivity index (χ3n) is 3.40. The Bertz CT molecular complexity index is 555. The van der Waals surface area contributed by atoms with Crippen molar-refractivity contribution in [2.24, 2.45) is 12.8 Å². The average Bonchev–Trinajstić information content (AvgIpc) is 2.54. The van der Waals surface area contributed by atoms with E-state index in [9.17, 15) is 0 Å². The number of fused-ring (bicyclic) bond motifs is 1. The van der Waals surface area contributed by atoms with Gasteiger partial charge in [0.1, 0.15) is 5.75 Å². The van der Waals surface area contributed by atoms with Crippen LogP contribution in [0.25, 0.3) is 10.9 Å². The summed E-state index contributed by atoms with van der Waals surface area (Å²) in [5, 5.41) is 1.27. The maximum atomic E-state index is 5.68. The zero-order chi connectivity index (χ0) is 12.6. The van der Waals surface area contributed by atoms with Gasteiger partial charge in [0.15, 0.2) is 0 Å². The van der Waals surface area contributed by atoms with Crippen LogP contribution in [0.3, 0.4) is 0 Å². The average molecular weight is 232 g/mol. The van der Waals surface area contributed by atoms with E-state index in [-0.39, 0.29) is 0 Å². The lowest BCUT2D eigenvalue weighted by atomic mass is 10.1. The molecule has 0 aliphatic carbocycles. The Morgan fingerprint density at radius 2 is 2.00 bits per heavy atom. The van der Waals surface area contributed by atoms with E-state index in [0.717, 1.165) is 12.2 Å². The number of benzene rings is 1. The molecule has 2 rings (SSSR count). The molecule has 2 N–H and O–H groups in total. The van der Waals surface area contributed by atoms with Crippen LogP contribution in [-0.2, 0) is 13.5 Å². The molecule has 17 heavy (non-hydrogen) atoms. The van der Waals surface area contributed by atoms with Gasteiger partial charge in [0.25, 0.3) is 0 Å². The van der Waals surface area contributed by atoms with Crippen LogP contribution in [-0.4, -0.2) is 18.2 Å². The van der Waals surface area contributed by atoms with Crippen LogP contribution in [0.2, 0.25) is 0 Å². The first-order valence-electron chi connectivity index (χ1n) is 5.92. The van der Waals surface area contributed by atoms with E-state index in [2.05, 4.69) is 37.6 Å². The minimum atomic E-state index is 0.673. The van der Waals surface area contributed by atoms with Crippen molar-refractivity contribution in [1.29, 1.82) is 0 Å². The molecule has 2 aromatic rings. The maximum absolute atomic E-state index is 5.68. The summed E-state index contributed by atoms with van der Waals surface area (Å²) in [5.74, 6) is 0.939. The van der Waals surface area contributed by atoms with Gasteiger partial charge in [-0.05, 0) is 43.7 Å². The summed E-state index contributed by atoms with van der Waals surface area (Å²) in [7, 11) is 3.80. The Labute approximate surface area is 102 Å². The molecule has 0 fully saturated rings. The molecule has 1 aromatic carbocycles. The molecule has 0 aliphatic rings. The first-order chi connectivity index (χ1) is 8.10. The van der Waals surface area contributed by atoms with Gasteiger partial charge in [-0.15, -0.1) is 0 Å². The van der Waals surface area contributed by atoms with Crippen LogP contribution in [0.5, 0.6) is 5.75 Å². The second-order valence-electron chi connectivity index (χ2n) is 4.53. The Morgan fingerprint density at radius 1 is 1.29 bits per heavy atom. The molecule has 0 unspecified atom stereocenters. The van der Waals surface area contributed by atoms with Crippen molar-refractivity contribution in [1.82, 2.24) is 4.57 Å². The molecule has 0 amide bonds. The number of hydrogen-bond donors (Lipinski definition) is 1. The van der Waals surface area contributed by atoms with E-state index in [1.807, 2.05) is 0 Å². The zero-order valence-corrected chi connectivity index (χ0v) is 11.0. The number of nitrogens with two attached hydrogens (primary N) is 1. The van der Waals surface area contributed by atoms with Gasteiger partial charge in [-0.3, -0.25) is 0 Å². The monoisotopic (exact) mass is 232 g/mol. The fourth-order valence-corrected chi connectivity index (χ4v) is 2.57. The molecule has 0 spiro atoms. The van der Waals surface area contributed by atoms with E-state index < -0.39 is 0 Å². The number of nitrogens with zero attached hydrogens (tertiary/aromatic N) is 1. The van der Waals surface area contributed by atoms with Gasteiger partial charge in [-0.2, -0.15) is 0 Å². The standard InChI is InChI=1S/C14H20N2O/c1-9-7-11-10(2)12(5-6-15)16(3)14(11)13(8-9)17-4/h7-8H,5-6,15H2,1-4H3. The van der Waals surface area contributed by atoms with Gasteiger partial charge in [-0.25, -0.2) is 0 Å². The molecule has 0 bridgehead atoms. The van der Waals surface area contributed by atoms with Gasteiger partial charge in [-0.1, -0.05) is 0 Å². The molecule has 3 nitrogen and oxygen atoms in total. The number of aromatic nitrogens is 1. The Hall–Kier alpha value is -1.48. The molecule has 0 saturated heterocycles. The fourth-order valence-electron chi connectivity index (χ4n) is 2.57. The van der Waals surface area contributed by atoms with Crippen molar-refractivity contribution in [2.45, 2.75) is 20.3 Å². The summed E-state index contributed by atoms with van der Waals surface area (Å²) in [6.45, 7) is 4.93. The predicted octanol–water partition coefficient (Wildman–Crippen LogP) is 2.30. The highest BCUT2D eigenvalue weighted by atomic mass is 16.5. The molecule has 1 heterocycles. The summed E-state index contributed by atoms with van der Waals surface area (Å²) in [5.41, 5.74) is 10.7. The minimum absolute atomic E-state index is 0.673. The van der Waals surface area contributed by atoms with Crippen molar-refractivity contribution >= 4 is 10.9 Å². The van der Waals surface area contributed by atoms with Crippen LogP contribution >= 0.6 is 0 Å². The lowest BCUT2D eigenvalue weighted by Crippen LogP contribution is -2.07. The smallest absolute Gasteiger partial charge is 0.143 e. The van der Waals surface area contributed by atoms with Crippen molar-refractivity contribution in [3.8, 4) is 5.75 Å². The normalized spacial score (nSPS) is 11.1. The van der Waals surface area contributed by atoms with E-state index in [1.54, 1.807) is 7.11 Å². The summed E-state index contributed by atoms with van der Waals surface area (Å²) in [4.78, 5) is 0. The zero-order valence-electron chi connectivity index (χ0n) is 11.0. The number of methoxy groups -OCH3 is 1. The highest BCUT2D eigenvalue weighted by Gasteiger charge is 2.15. The molecule has 0 atom stereocenters. The molecule has 0 aliphatic heterocycles. The highest BCUT2D eigenvalue weighted by molar-refractivity contribution is 5.91. The van der Waals surface area contributed by atoms with Gasteiger partial charge in [0.05, 0.1) is 12.6 Å². The topological polar surface area (TPSA) is 40.2 Å². The van der Waals surface area contributed by atoms with Crippen molar-refractivity contribution < 1.29 is 4.74 Å². The first kappa shape index (κ1) is 12.0. The third-order valence-corrected chi connectivity index (χ3v) is 3.40.